The number of piperidine rings is 1. The monoisotopic (exact) mass is 1110 g/mol. The van der Waals surface area contributed by atoms with Crippen LogP contribution in [-0.4, -0.2) is 138 Å². The van der Waals surface area contributed by atoms with Crippen LogP contribution in [0.3, 0.4) is 0 Å². The third-order valence-electron chi connectivity index (χ3n) is 13.3. The van der Waals surface area contributed by atoms with Crippen molar-refractivity contribution in [2.45, 2.75) is 111 Å². The SMILES string of the molecule is Cc1ncsc1-c1ccc(CNC(=O)[C@@H]2C[C@@H](O)CN2C(=O)[C@@H](NC(=O)COCCOCCNC(=O)C2CCN(C(=O)CCC(=O)N(CC(C)(C)C)c3ccc(Cl)cc3C(O)c3ccccc3Cl)CC2)C(C)(C)C)cc1. The predicted molar refractivity (Wildman–Crippen MR) is 294 cm³/mol. The second-order valence-electron chi connectivity index (χ2n) is 21.7. The lowest BCUT2D eigenvalue weighted by Gasteiger charge is -2.35. The van der Waals surface area contributed by atoms with Gasteiger partial charge in [0.05, 0.1) is 42.0 Å². The number of likely N-dealkylation sites (tertiary alicyclic amines) is 2. The van der Waals surface area contributed by atoms with Gasteiger partial charge in [-0.1, -0.05) is 107 Å². The van der Waals surface area contributed by atoms with Crippen molar-refractivity contribution in [3.05, 3.63) is 105 Å². The average molecular weight is 1110 g/mol. The lowest BCUT2D eigenvalue weighted by Crippen LogP contribution is -2.58. The standard InChI is InChI=1S/C56H73Cl2N7O10S/c1-35-50(76-34-61-35)37-14-12-36(13-15-37)30-60-53(72)45-29-40(66)31-64(45)54(73)51(56(5,6)7)62-46(67)32-75-27-26-74-25-22-59-52(71)38-20-23-63(24-21-38)47(68)18-19-48(69)65(33-55(2,3)4)44-17-16-39(57)28-42(44)49(70)41-10-8-9-11-43(41)58/h8-17,28,34,38,40,45,49,51,66,70H,18-27,29-33H2,1-7H3,(H,59,71)(H,60,72)(H,62,67)/t40-,45+,49?,51-/m1/s1. The molecule has 76 heavy (non-hydrogen) atoms. The first-order valence-corrected chi connectivity index (χ1v) is 27.4. The summed E-state index contributed by atoms with van der Waals surface area (Å²) in [7, 11) is 0. The third kappa shape index (κ3) is 16.8. The molecule has 0 saturated carbocycles. The van der Waals surface area contributed by atoms with E-state index in [1.54, 1.807) is 89.9 Å². The van der Waals surface area contributed by atoms with Crippen LogP contribution in [0.15, 0.2) is 72.2 Å². The first kappa shape index (κ1) is 59.8. The lowest BCUT2D eigenvalue weighted by atomic mass is 9.85. The van der Waals surface area contributed by atoms with E-state index >= 15 is 0 Å². The van der Waals surface area contributed by atoms with E-state index in [9.17, 15) is 39.0 Å². The Labute approximate surface area is 460 Å². The number of hydrogen-bond donors (Lipinski definition) is 5. The summed E-state index contributed by atoms with van der Waals surface area (Å²) in [5, 5.41) is 31.4. The number of aliphatic hydroxyl groups is 2. The topological polar surface area (TPSA) is 220 Å². The minimum Gasteiger partial charge on any atom is -0.391 e. The molecule has 2 aliphatic rings. The van der Waals surface area contributed by atoms with Gasteiger partial charge in [0, 0.05) is 91.3 Å². The van der Waals surface area contributed by atoms with Crippen LogP contribution in [0.1, 0.15) is 102 Å². The van der Waals surface area contributed by atoms with Gasteiger partial charge in [0.1, 0.15) is 24.8 Å². The Morgan fingerprint density at radius 2 is 1.57 bits per heavy atom. The van der Waals surface area contributed by atoms with E-state index in [4.69, 9.17) is 32.7 Å². The van der Waals surface area contributed by atoms with Crippen LogP contribution in [0.25, 0.3) is 10.4 Å². The van der Waals surface area contributed by atoms with Gasteiger partial charge in [-0.25, -0.2) is 4.98 Å². The first-order chi connectivity index (χ1) is 36.0. The highest BCUT2D eigenvalue weighted by Crippen LogP contribution is 2.38. The number of aryl methyl sites for hydroxylation is 1. The summed E-state index contributed by atoms with van der Waals surface area (Å²) in [4.78, 5) is 91.0. The number of nitrogens with one attached hydrogen (secondary N) is 3. The molecule has 4 aromatic rings. The summed E-state index contributed by atoms with van der Waals surface area (Å²) >= 11 is 14.4. The number of aliphatic hydroxyl groups excluding tert-OH is 2. The molecule has 2 aliphatic heterocycles. The molecular formula is C56H73Cl2N7O10S. The number of thiazole rings is 1. The minimum atomic E-state index is -1.16. The maximum atomic E-state index is 14.0. The Hall–Kier alpha value is -5.47. The molecule has 17 nitrogen and oxygen atoms in total. The molecule has 1 unspecified atom stereocenters. The number of ether oxygens (including phenoxy) is 2. The molecule has 5 N–H and O–H groups in total. The van der Waals surface area contributed by atoms with Gasteiger partial charge in [-0.3, -0.25) is 28.8 Å². The molecule has 0 radical (unpaired) electrons. The lowest BCUT2D eigenvalue weighted by molar-refractivity contribution is -0.144. The highest BCUT2D eigenvalue weighted by molar-refractivity contribution is 7.13. The largest absolute Gasteiger partial charge is 0.391 e. The second kappa shape index (κ2) is 27.2. The number of amides is 6. The van der Waals surface area contributed by atoms with E-state index in [2.05, 4.69) is 20.9 Å². The van der Waals surface area contributed by atoms with Crippen molar-refractivity contribution in [2.75, 3.05) is 64.1 Å². The van der Waals surface area contributed by atoms with Crippen molar-refractivity contribution in [1.82, 2.24) is 30.7 Å². The number of hydrogen-bond acceptors (Lipinski definition) is 12. The Kier molecular flexibility index (Phi) is 21.4. The van der Waals surface area contributed by atoms with Crippen molar-refractivity contribution < 1.29 is 48.5 Å². The molecule has 2 saturated heterocycles. The van der Waals surface area contributed by atoms with E-state index in [1.165, 1.54) is 4.90 Å². The van der Waals surface area contributed by atoms with Crippen molar-refractivity contribution in [1.29, 1.82) is 0 Å². The van der Waals surface area contributed by atoms with Crippen molar-refractivity contribution in [3.63, 3.8) is 0 Å². The fourth-order valence-corrected chi connectivity index (χ4v) is 10.5. The number of nitrogens with zero attached hydrogens (tertiary/aromatic N) is 4. The summed E-state index contributed by atoms with van der Waals surface area (Å²) in [6.45, 7) is 14.9. The normalized spacial score (nSPS) is 17.0. The van der Waals surface area contributed by atoms with E-state index in [0.717, 1.165) is 21.7 Å². The van der Waals surface area contributed by atoms with Crippen LogP contribution in [0.2, 0.25) is 10.0 Å². The Bertz CT molecular complexity index is 2650. The number of rotatable bonds is 22. The molecule has 6 amide bonds. The molecule has 4 atom stereocenters. The molecule has 2 fully saturated rings. The van der Waals surface area contributed by atoms with Gasteiger partial charge in [0.2, 0.25) is 35.4 Å². The van der Waals surface area contributed by atoms with E-state index in [0.29, 0.717) is 59.3 Å². The molecule has 6 rings (SSSR count). The maximum Gasteiger partial charge on any atom is 0.246 e. The summed E-state index contributed by atoms with van der Waals surface area (Å²) < 4.78 is 11.2. The highest BCUT2D eigenvalue weighted by atomic mass is 35.5. The van der Waals surface area contributed by atoms with E-state index in [-0.39, 0.29) is 94.4 Å². The summed E-state index contributed by atoms with van der Waals surface area (Å²) in [6.07, 6.45) is -1.13. The van der Waals surface area contributed by atoms with Crippen molar-refractivity contribution in [2.24, 2.45) is 16.7 Å². The zero-order chi connectivity index (χ0) is 55.3. The second-order valence-corrected chi connectivity index (χ2v) is 23.4. The number of aromatic nitrogens is 1. The quantitative estimate of drug-likeness (QED) is 0.0512. The maximum absolute atomic E-state index is 14.0. The van der Waals surface area contributed by atoms with Crippen LogP contribution in [-0.2, 0) is 44.8 Å². The molecule has 20 heteroatoms. The van der Waals surface area contributed by atoms with Crippen molar-refractivity contribution in [3.8, 4) is 10.4 Å². The fraction of sp³-hybridized carbons (Fsp3) is 0.518. The number of β-amino-alcohol motifs (C(OH)–C–C–N with tert-alkyl or cyclic N) is 1. The molecule has 3 heterocycles. The van der Waals surface area contributed by atoms with Gasteiger partial charge in [-0.15, -0.1) is 11.3 Å². The molecule has 0 bridgehead atoms. The smallest absolute Gasteiger partial charge is 0.246 e. The summed E-state index contributed by atoms with van der Waals surface area (Å²) in [5.74, 6) is -2.30. The molecule has 0 spiro atoms. The van der Waals surface area contributed by atoms with Gasteiger partial charge in [0.15, 0.2) is 0 Å². The Morgan fingerprint density at radius 3 is 2.22 bits per heavy atom. The molecule has 1 aromatic heterocycles. The zero-order valence-corrected chi connectivity index (χ0v) is 46.9. The van der Waals surface area contributed by atoms with Crippen molar-refractivity contribution >= 4 is 75.7 Å². The average Bonchev–Trinajstić information content (AvgIpc) is 4.01. The third-order valence-corrected chi connectivity index (χ3v) is 14.9. The highest BCUT2D eigenvalue weighted by Gasteiger charge is 2.44. The molecule has 3 aromatic carbocycles. The van der Waals surface area contributed by atoms with Crippen LogP contribution >= 0.6 is 34.5 Å². The number of carbonyl (C=O) groups excluding carboxylic acids is 6. The molecule has 0 aliphatic carbocycles. The predicted octanol–water partition coefficient (Wildman–Crippen LogP) is 6.86. The number of halogens is 2. The Balaban J connectivity index is 0.870. The first-order valence-electron chi connectivity index (χ1n) is 25.8. The summed E-state index contributed by atoms with van der Waals surface area (Å²) in [6, 6.07) is 17.8. The molecular weight excluding hydrogens is 1030 g/mol. The number of carbonyl (C=O) groups is 6. The van der Waals surface area contributed by atoms with Gasteiger partial charge >= 0.3 is 0 Å². The van der Waals surface area contributed by atoms with Gasteiger partial charge < -0.3 is 50.3 Å². The van der Waals surface area contributed by atoms with E-state index < -0.39 is 47.4 Å². The number of benzene rings is 3. The van der Waals surface area contributed by atoms with Crippen LogP contribution in [0, 0.1) is 23.7 Å². The van der Waals surface area contributed by atoms with Gasteiger partial charge in [0.25, 0.3) is 0 Å². The summed E-state index contributed by atoms with van der Waals surface area (Å²) in [5.41, 5.74) is 4.96. The Morgan fingerprint density at radius 1 is 0.868 bits per heavy atom. The van der Waals surface area contributed by atoms with Crippen LogP contribution in [0.4, 0.5) is 5.69 Å². The number of anilines is 1. The van der Waals surface area contributed by atoms with Gasteiger partial charge in [-0.05, 0) is 66.0 Å². The zero-order valence-electron chi connectivity index (χ0n) is 44.5. The van der Waals surface area contributed by atoms with Crippen LogP contribution < -0.4 is 20.9 Å². The van der Waals surface area contributed by atoms with E-state index in [1.807, 2.05) is 52.0 Å². The van der Waals surface area contributed by atoms with Crippen LogP contribution in [0.5, 0.6) is 0 Å². The van der Waals surface area contributed by atoms with Gasteiger partial charge in [-0.2, -0.15) is 0 Å². The minimum absolute atomic E-state index is 0.0193. The molecule has 412 valence electrons. The fourth-order valence-electron chi connectivity index (χ4n) is 9.29.